The summed E-state index contributed by atoms with van der Waals surface area (Å²) in [5.41, 5.74) is 3.20. The molecule has 3 rings (SSSR count). The number of nitrogens with one attached hydrogen (secondary N) is 2. The molecule has 6 nitrogen and oxygen atoms in total. The number of benzene rings is 1. The summed E-state index contributed by atoms with van der Waals surface area (Å²) in [4.78, 5) is 16.4. The third kappa shape index (κ3) is 4.38. The third-order valence-corrected chi connectivity index (χ3v) is 3.74. The molecule has 25 heavy (non-hydrogen) atoms. The van der Waals surface area contributed by atoms with E-state index in [0.29, 0.717) is 12.4 Å². The second kappa shape index (κ2) is 8.01. The van der Waals surface area contributed by atoms with Crippen LogP contribution < -0.4 is 10.6 Å². The fourth-order valence-corrected chi connectivity index (χ4v) is 2.38. The normalized spacial score (nSPS) is 10.3. The molecular formula is C19H19N5O. The number of carbonyl (C=O) groups excluding carboxylic acids is 1. The van der Waals surface area contributed by atoms with Gasteiger partial charge >= 0.3 is 0 Å². The Morgan fingerprint density at radius 2 is 1.92 bits per heavy atom. The predicted octanol–water partition coefficient (Wildman–Crippen LogP) is 3.30. The zero-order chi connectivity index (χ0) is 17.5. The predicted molar refractivity (Wildman–Crippen MR) is 97.4 cm³/mol. The summed E-state index contributed by atoms with van der Waals surface area (Å²) < 4.78 is 0. The molecule has 3 aromatic rings. The molecule has 0 bridgehead atoms. The zero-order valence-electron chi connectivity index (χ0n) is 13.9. The number of amides is 1. The fourth-order valence-electron chi connectivity index (χ4n) is 2.38. The minimum Gasteiger partial charge on any atom is -0.364 e. The van der Waals surface area contributed by atoms with Gasteiger partial charge in [-0.15, -0.1) is 10.2 Å². The van der Waals surface area contributed by atoms with Gasteiger partial charge < -0.3 is 10.6 Å². The van der Waals surface area contributed by atoms with Crippen molar-refractivity contribution in [2.75, 3.05) is 10.6 Å². The highest BCUT2D eigenvalue weighted by Crippen LogP contribution is 2.16. The molecule has 0 fully saturated rings. The Labute approximate surface area is 146 Å². The molecule has 0 radical (unpaired) electrons. The molecule has 2 heterocycles. The molecule has 0 aliphatic heterocycles. The Bertz CT molecular complexity index is 834. The van der Waals surface area contributed by atoms with Crippen molar-refractivity contribution in [3.05, 3.63) is 77.7 Å². The molecule has 6 heteroatoms. The summed E-state index contributed by atoms with van der Waals surface area (Å²) in [7, 11) is 0. The van der Waals surface area contributed by atoms with Crippen molar-refractivity contribution >= 4 is 17.4 Å². The van der Waals surface area contributed by atoms with Gasteiger partial charge in [0.2, 0.25) is 0 Å². The number of anilines is 2. The molecule has 0 spiro atoms. The highest BCUT2D eigenvalue weighted by molar-refractivity contribution is 6.03. The molecular weight excluding hydrogens is 314 g/mol. The van der Waals surface area contributed by atoms with E-state index in [1.54, 1.807) is 24.5 Å². The zero-order valence-corrected chi connectivity index (χ0v) is 13.9. The highest BCUT2D eigenvalue weighted by Gasteiger charge is 2.10. The number of para-hydroxylation sites is 1. The maximum atomic E-state index is 12.3. The number of nitrogens with zero attached hydrogens (tertiary/aromatic N) is 3. The van der Waals surface area contributed by atoms with Crippen molar-refractivity contribution in [3.63, 3.8) is 0 Å². The molecule has 0 saturated carbocycles. The van der Waals surface area contributed by atoms with Crippen molar-refractivity contribution in [2.45, 2.75) is 19.9 Å². The van der Waals surface area contributed by atoms with Crippen molar-refractivity contribution in [1.82, 2.24) is 15.2 Å². The van der Waals surface area contributed by atoms with Gasteiger partial charge in [0.15, 0.2) is 5.69 Å². The molecule has 0 saturated heterocycles. The van der Waals surface area contributed by atoms with Crippen LogP contribution >= 0.6 is 0 Å². The average molecular weight is 333 g/mol. The summed E-state index contributed by atoms with van der Waals surface area (Å²) in [6.07, 6.45) is 4.36. The number of hydrogen-bond donors (Lipinski definition) is 2. The van der Waals surface area contributed by atoms with Gasteiger partial charge in [-0.1, -0.05) is 31.2 Å². The Kier molecular flexibility index (Phi) is 5.31. The minimum absolute atomic E-state index is 0.271. The van der Waals surface area contributed by atoms with Crippen LogP contribution in [-0.4, -0.2) is 21.1 Å². The van der Waals surface area contributed by atoms with Crippen molar-refractivity contribution in [1.29, 1.82) is 0 Å². The van der Waals surface area contributed by atoms with Crippen molar-refractivity contribution < 1.29 is 4.79 Å². The number of aryl methyl sites for hydroxylation is 1. The molecule has 1 amide bonds. The Morgan fingerprint density at radius 3 is 2.64 bits per heavy atom. The lowest BCUT2D eigenvalue weighted by Crippen LogP contribution is -2.16. The Morgan fingerprint density at radius 1 is 1.04 bits per heavy atom. The molecule has 0 atom stereocenters. The van der Waals surface area contributed by atoms with Crippen LogP contribution in [0.3, 0.4) is 0 Å². The minimum atomic E-state index is -0.271. The van der Waals surface area contributed by atoms with Gasteiger partial charge in [0.1, 0.15) is 5.82 Å². The number of aromatic nitrogens is 3. The van der Waals surface area contributed by atoms with Gasteiger partial charge in [-0.2, -0.15) is 0 Å². The van der Waals surface area contributed by atoms with Crippen molar-refractivity contribution in [3.8, 4) is 0 Å². The summed E-state index contributed by atoms with van der Waals surface area (Å²) in [5.74, 6) is 0.335. The number of pyridine rings is 1. The standard InChI is InChI=1S/C19H19N5O/c1-2-15-7-3-4-8-16(15)22-19(25)17-9-10-18(24-23-17)21-13-14-6-5-11-20-12-14/h3-12H,2,13H2,1H3,(H,21,24)(H,22,25). The summed E-state index contributed by atoms with van der Waals surface area (Å²) >= 11 is 0. The first kappa shape index (κ1) is 16.6. The average Bonchev–Trinajstić information content (AvgIpc) is 2.68. The quantitative estimate of drug-likeness (QED) is 0.723. The van der Waals surface area contributed by atoms with Gasteiger partial charge in [-0.3, -0.25) is 9.78 Å². The van der Waals surface area contributed by atoms with Crippen LogP contribution in [-0.2, 0) is 13.0 Å². The molecule has 1 aromatic carbocycles. The summed E-state index contributed by atoms with van der Waals surface area (Å²) in [6.45, 7) is 2.64. The molecule has 0 aliphatic rings. The van der Waals surface area contributed by atoms with Crippen LogP contribution in [0, 0.1) is 0 Å². The van der Waals surface area contributed by atoms with Gasteiger partial charge in [0.05, 0.1) is 0 Å². The molecule has 2 N–H and O–H groups in total. The first-order chi connectivity index (χ1) is 12.3. The van der Waals surface area contributed by atoms with Gasteiger partial charge in [0, 0.05) is 24.6 Å². The number of hydrogen-bond acceptors (Lipinski definition) is 5. The lowest BCUT2D eigenvalue weighted by molar-refractivity contribution is 0.102. The summed E-state index contributed by atoms with van der Waals surface area (Å²) in [6, 6.07) is 15.0. The first-order valence-corrected chi connectivity index (χ1v) is 8.12. The Hall–Kier alpha value is -3.28. The SMILES string of the molecule is CCc1ccccc1NC(=O)c1ccc(NCc2cccnc2)nn1. The summed E-state index contributed by atoms with van der Waals surface area (Å²) in [5, 5.41) is 14.1. The van der Waals surface area contributed by atoms with E-state index in [9.17, 15) is 4.79 Å². The van der Waals surface area contributed by atoms with Crippen LogP contribution in [0.25, 0.3) is 0 Å². The highest BCUT2D eigenvalue weighted by atomic mass is 16.1. The van der Waals surface area contributed by atoms with Crippen molar-refractivity contribution in [2.24, 2.45) is 0 Å². The van der Waals surface area contributed by atoms with E-state index in [0.717, 1.165) is 23.2 Å². The first-order valence-electron chi connectivity index (χ1n) is 8.12. The second-order valence-corrected chi connectivity index (χ2v) is 5.48. The molecule has 2 aromatic heterocycles. The van der Waals surface area contributed by atoms with E-state index < -0.39 is 0 Å². The van der Waals surface area contributed by atoms with Crippen LogP contribution in [0.2, 0.25) is 0 Å². The van der Waals surface area contributed by atoms with Gasteiger partial charge in [0.25, 0.3) is 5.91 Å². The van der Waals surface area contributed by atoms with E-state index in [2.05, 4.69) is 25.8 Å². The van der Waals surface area contributed by atoms with Crippen LogP contribution in [0.4, 0.5) is 11.5 Å². The molecule has 0 aliphatic carbocycles. The Balaban J connectivity index is 1.62. The van der Waals surface area contributed by atoms with E-state index in [-0.39, 0.29) is 11.6 Å². The van der Waals surface area contributed by atoms with E-state index >= 15 is 0 Å². The third-order valence-electron chi connectivity index (χ3n) is 3.74. The van der Waals surface area contributed by atoms with E-state index in [1.165, 1.54) is 0 Å². The van der Waals surface area contributed by atoms with Crippen LogP contribution in [0.15, 0.2) is 60.9 Å². The number of rotatable bonds is 6. The smallest absolute Gasteiger partial charge is 0.276 e. The second-order valence-electron chi connectivity index (χ2n) is 5.48. The van der Waals surface area contributed by atoms with Crippen LogP contribution in [0.5, 0.6) is 0 Å². The van der Waals surface area contributed by atoms with Gasteiger partial charge in [-0.05, 0) is 41.8 Å². The van der Waals surface area contributed by atoms with Crippen LogP contribution in [0.1, 0.15) is 28.5 Å². The van der Waals surface area contributed by atoms with E-state index in [4.69, 9.17) is 0 Å². The monoisotopic (exact) mass is 333 g/mol. The maximum absolute atomic E-state index is 12.3. The molecule has 126 valence electrons. The molecule has 0 unspecified atom stereocenters. The topological polar surface area (TPSA) is 79.8 Å². The number of carbonyl (C=O) groups is 1. The fraction of sp³-hybridized carbons (Fsp3) is 0.158. The lowest BCUT2D eigenvalue weighted by Gasteiger charge is -2.09. The lowest BCUT2D eigenvalue weighted by atomic mass is 10.1. The van der Waals surface area contributed by atoms with Gasteiger partial charge in [-0.25, -0.2) is 0 Å². The van der Waals surface area contributed by atoms with E-state index in [1.807, 2.05) is 43.3 Å². The maximum Gasteiger partial charge on any atom is 0.276 e. The largest absolute Gasteiger partial charge is 0.364 e.